The van der Waals surface area contributed by atoms with Gasteiger partial charge in [0, 0.05) is 7.11 Å². The minimum absolute atomic E-state index is 0.105. The van der Waals surface area contributed by atoms with Gasteiger partial charge in [0.25, 0.3) is 0 Å². The molecule has 0 fully saturated rings. The maximum absolute atomic E-state index is 12.7. The zero-order valence-electron chi connectivity index (χ0n) is 14.5. The Bertz CT molecular complexity index is 744. The number of amides is 1. The Morgan fingerprint density at radius 2 is 2.16 bits per heavy atom. The van der Waals surface area contributed by atoms with Crippen LogP contribution < -0.4 is 14.8 Å². The van der Waals surface area contributed by atoms with Gasteiger partial charge in [0.15, 0.2) is 11.5 Å². The lowest BCUT2D eigenvalue weighted by atomic mass is 10.0. The van der Waals surface area contributed by atoms with E-state index in [1.54, 1.807) is 7.11 Å². The average molecular weight is 346 g/mol. The molecule has 8 heteroatoms. The molecule has 0 aliphatic carbocycles. The van der Waals surface area contributed by atoms with Crippen molar-refractivity contribution in [3.63, 3.8) is 0 Å². The number of nitrogens with zero attached hydrogens (tertiary/aromatic N) is 2. The Morgan fingerprint density at radius 1 is 1.36 bits per heavy atom. The van der Waals surface area contributed by atoms with Crippen molar-refractivity contribution in [2.24, 2.45) is 0 Å². The lowest BCUT2D eigenvalue weighted by molar-refractivity contribution is -0.126. The molecule has 1 aliphatic heterocycles. The first-order valence-electron chi connectivity index (χ1n) is 7.94. The van der Waals surface area contributed by atoms with E-state index < -0.39 is 6.04 Å². The molecule has 0 spiro atoms. The van der Waals surface area contributed by atoms with Crippen molar-refractivity contribution in [1.29, 1.82) is 0 Å². The number of rotatable bonds is 7. The average Bonchev–Trinajstić information content (AvgIpc) is 3.21. The van der Waals surface area contributed by atoms with Crippen LogP contribution in [-0.2, 0) is 22.7 Å². The second-order valence-corrected chi connectivity index (χ2v) is 6.01. The lowest BCUT2D eigenvalue weighted by Gasteiger charge is -2.24. The first-order valence-corrected chi connectivity index (χ1v) is 7.94. The monoisotopic (exact) mass is 346 g/mol. The number of H-pyrrole nitrogens is 1. The van der Waals surface area contributed by atoms with Gasteiger partial charge < -0.3 is 19.5 Å². The van der Waals surface area contributed by atoms with Gasteiger partial charge >= 0.3 is 0 Å². The van der Waals surface area contributed by atoms with E-state index in [4.69, 9.17) is 14.2 Å². The number of ether oxygens (including phenoxy) is 3. The first-order chi connectivity index (χ1) is 12.1. The second kappa shape index (κ2) is 7.54. The number of hydrogen-bond donors (Lipinski definition) is 2. The van der Waals surface area contributed by atoms with E-state index in [0.717, 1.165) is 17.0 Å². The number of aromatic amines is 1. The minimum atomic E-state index is -0.434. The molecule has 134 valence electrons. The Morgan fingerprint density at radius 3 is 2.92 bits per heavy atom. The van der Waals surface area contributed by atoms with Crippen LogP contribution in [0.15, 0.2) is 24.3 Å². The van der Waals surface area contributed by atoms with Gasteiger partial charge in [-0.05, 0) is 37.9 Å². The van der Waals surface area contributed by atoms with Crippen LogP contribution in [0.2, 0.25) is 0 Å². The summed E-state index contributed by atoms with van der Waals surface area (Å²) < 4.78 is 15.8. The SMILES string of the molecule is COCc1cc(CNC(=O)[C@H](c2ccc3c(c2)OCO3)N(C)C)[nH]n1. The van der Waals surface area contributed by atoms with E-state index in [2.05, 4.69) is 15.5 Å². The zero-order chi connectivity index (χ0) is 17.8. The van der Waals surface area contributed by atoms with E-state index in [-0.39, 0.29) is 12.7 Å². The summed E-state index contributed by atoms with van der Waals surface area (Å²) in [4.78, 5) is 14.6. The highest BCUT2D eigenvalue weighted by Crippen LogP contribution is 2.35. The summed E-state index contributed by atoms with van der Waals surface area (Å²) in [6, 6.07) is 6.99. The summed E-state index contributed by atoms with van der Waals surface area (Å²) in [5, 5.41) is 9.95. The van der Waals surface area contributed by atoms with Gasteiger partial charge in [-0.2, -0.15) is 5.10 Å². The van der Waals surface area contributed by atoms with Crippen LogP contribution in [0.5, 0.6) is 11.5 Å². The third-order valence-electron chi connectivity index (χ3n) is 3.91. The molecule has 25 heavy (non-hydrogen) atoms. The van der Waals surface area contributed by atoms with E-state index >= 15 is 0 Å². The molecule has 8 nitrogen and oxygen atoms in total. The van der Waals surface area contributed by atoms with Crippen molar-refractivity contribution in [1.82, 2.24) is 20.4 Å². The maximum Gasteiger partial charge on any atom is 0.242 e. The lowest BCUT2D eigenvalue weighted by Crippen LogP contribution is -2.36. The number of carbonyl (C=O) groups is 1. The fraction of sp³-hybridized carbons (Fsp3) is 0.412. The molecule has 3 rings (SSSR count). The standard InChI is InChI=1S/C17H22N4O4/c1-21(2)16(11-4-5-14-15(6-11)25-10-24-14)17(22)18-8-12-7-13(9-23-3)20-19-12/h4-7,16H,8-10H2,1-3H3,(H,18,22)(H,19,20)/t16-/m0/s1. The molecule has 0 saturated heterocycles. The first kappa shape index (κ1) is 17.2. The van der Waals surface area contributed by atoms with Gasteiger partial charge in [-0.3, -0.25) is 14.8 Å². The van der Waals surface area contributed by atoms with Crippen molar-refractivity contribution in [2.45, 2.75) is 19.2 Å². The largest absolute Gasteiger partial charge is 0.454 e. The Kier molecular flexibility index (Phi) is 5.20. The second-order valence-electron chi connectivity index (χ2n) is 6.01. The Balaban J connectivity index is 1.68. The van der Waals surface area contributed by atoms with Gasteiger partial charge in [-0.25, -0.2) is 0 Å². The molecule has 0 radical (unpaired) electrons. The minimum Gasteiger partial charge on any atom is -0.454 e. The van der Waals surface area contributed by atoms with E-state index in [1.165, 1.54) is 0 Å². The van der Waals surface area contributed by atoms with Crippen molar-refractivity contribution >= 4 is 5.91 Å². The van der Waals surface area contributed by atoms with Crippen molar-refractivity contribution < 1.29 is 19.0 Å². The summed E-state index contributed by atoms with van der Waals surface area (Å²) in [7, 11) is 5.34. The Hall–Kier alpha value is -2.58. The molecule has 1 amide bonds. The van der Waals surface area contributed by atoms with Crippen LogP contribution in [0.3, 0.4) is 0 Å². The number of benzene rings is 1. The van der Waals surface area contributed by atoms with Crippen molar-refractivity contribution in [3.8, 4) is 11.5 Å². The number of aromatic nitrogens is 2. The van der Waals surface area contributed by atoms with E-state index in [0.29, 0.717) is 24.7 Å². The number of likely N-dealkylation sites (N-methyl/N-ethyl adjacent to an activating group) is 1. The molecule has 1 atom stereocenters. The topological polar surface area (TPSA) is 88.7 Å². The van der Waals surface area contributed by atoms with Crippen molar-refractivity contribution in [2.75, 3.05) is 28.0 Å². The maximum atomic E-state index is 12.7. The molecule has 2 N–H and O–H groups in total. The van der Waals surface area contributed by atoms with Gasteiger partial charge in [0.1, 0.15) is 6.04 Å². The zero-order valence-corrected chi connectivity index (χ0v) is 14.5. The van der Waals surface area contributed by atoms with E-state index in [1.807, 2.05) is 43.3 Å². The number of nitrogens with one attached hydrogen (secondary N) is 2. The van der Waals surface area contributed by atoms with Gasteiger partial charge in [-0.1, -0.05) is 6.07 Å². The normalized spacial score (nSPS) is 13.9. The molecular formula is C17H22N4O4. The molecule has 1 aromatic heterocycles. The molecule has 1 aliphatic rings. The fourth-order valence-corrected chi connectivity index (χ4v) is 2.77. The van der Waals surface area contributed by atoms with Crippen LogP contribution in [0.4, 0.5) is 0 Å². The highest BCUT2D eigenvalue weighted by molar-refractivity contribution is 5.83. The molecular weight excluding hydrogens is 324 g/mol. The molecule has 2 aromatic rings. The number of carbonyl (C=O) groups excluding carboxylic acids is 1. The number of fused-ring (bicyclic) bond motifs is 1. The summed E-state index contributed by atoms with van der Waals surface area (Å²) in [5.41, 5.74) is 2.46. The van der Waals surface area contributed by atoms with E-state index in [9.17, 15) is 4.79 Å². The van der Waals surface area contributed by atoms with Gasteiger partial charge in [0.2, 0.25) is 12.7 Å². The Labute approximate surface area is 146 Å². The van der Waals surface area contributed by atoms with Crippen LogP contribution >= 0.6 is 0 Å². The van der Waals surface area contributed by atoms with Gasteiger partial charge in [0.05, 0.1) is 24.5 Å². The van der Waals surface area contributed by atoms with Gasteiger partial charge in [-0.15, -0.1) is 0 Å². The summed E-state index contributed by atoms with van der Waals surface area (Å²) >= 11 is 0. The summed E-state index contributed by atoms with van der Waals surface area (Å²) in [6.07, 6.45) is 0. The molecule has 0 bridgehead atoms. The molecule has 0 unspecified atom stereocenters. The highest BCUT2D eigenvalue weighted by atomic mass is 16.7. The number of methoxy groups -OCH3 is 1. The smallest absolute Gasteiger partial charge is 0.242 e. The van der Waals surface area contributed by atoms with Crippen LogP contribution in [0.1, 0.15) is 23.0 Å². The predicted octanol–water partition coefficient (Wildman–Crippen LogP) is 1.20. The van der Waals surface area contributed by atoms with Crippen LogP contribution in [-0.4, -0.2) is 49.0 Å². The molecule has 1 aromatic carbocycles. The molecule has 2 heterocycles. The predicted molar refractivity (Wildman–Crippen MR) is 90.1 cm³/mol. The third kappa shape index (κ3) is 3.92. The highest BCUT2D eigenvalue weighted by Gasteiger charge is 2.25. The molecule has 0 saturated carbocycles. The summed E-state index contributed by atoms with van der Waals surface area (Å²) in [6.45, 7) is 1.01. The number of hydrogen-bond acceptors (Lipinski definition) is 6. The van der Waals surface area contributed by atoms with Crippen molar-refractivity contribution in [3.05, 3.63) is 41.2 Å². The quantitative estimate of drug-likeness (QED) is 0.783. The van der Waals surface area contributed by atoms with Crippen LogP contribution in [0.25, 0.3) is 0 Å². The summed E-state index contributed by atoms with van der Waals surface area (Å²) in [5.74, 6) is 1.26. The van der Waals surface area contributed by atoms with Crippen LogP contribution in [0, 0.1) is 0 Å². The third-order valence-corrected chi connectivity index (χ3v) is 3.91. The fourth-order valence-electron chi connectivity index (χ4n) is 2.77.